The molecule has 0 heterocycles. The molecule has 7 heteroatoms. The van der Waals surface area contributed by atoms with Gasteiger partial charge in [-0.1, -0.05) is 62.7 Å². The molecule has 2 nitrogen and oxygen atoms in total. The molecule has 2 atom stereocenters. The summed E-state index contributed by atoms with van der Waals surface area (Å²) in [6.07, 6.45) is -3.76. The number of nitrogens with one attached hydrogen (secondary N) is 1. The summed E-state index contributed by atoms with van der Waals surface area (Å²) < 4.78 is 48.2. The summed E-state index contributed by atoms with van der Waals surface area (Å²) in [7, 11) is -2.03. The zero-order chi connectivity index (χ0) is 21.0. The van der Waals surface area contributed by atoms with Gasteiger partial charge in [0, 0.05) is 17.1 Å². The fraction of sp³-hybridized carbons (Fsp3) is 0.700. The Morgan fingerprint density at radius 1 is 1.15 bits per heavy atom. The minimum Gasteiger partial charge on any atom is -0.563 e. The Balaban J connectivity index is 3.03. The largest absolute Gasteiger partial charge is 0.563 e. The highest BCUT2D eigenvalue weighted by Gasteiger charge is 2.42. The van der Waals surface area contributed by atoms with Gasteiger partial charge in [0.2, 0.25) is 0 Å². The molecule has 1 aromatic rings. The van der Waals surface area contributed by atoms with Gasteiger partial charge in [0.25, 0.3) is 0 Å². The monoisotopic (exact) mass is 467 g/mol. The molecule has 27 heavy (non-hydrogen) atoms. The average Bonchev–Trinajstić information content (AvgIpc) is 2.47. The van der Waals surface area contributed by atoms with Crippen molar-refractivity contribution in [1.29, 1.82) is 0 Å². The van der Waals surface area contributed by atoms with Crippen LogP contribution in [0.15, 0.2) is 28.7 Å². The van der Waals surface area contributed by atoms with Crippen LogP contribution in [0.3, 0.4) is 0 Å². The Hall–Kier alpha value is -0.373. The average molecular weight is 468 g/mol. The van der Waals surface area contributed by atoms with Crippen molar-refractivity contribution < 1.29 is 17.6 Å². The first-order valence-electron chi connectivity index (χ1n) is 9.35. The van der Waals surface area contributed by atoms with Crippen LogP contribution in [0.4, 0.5) is 13.2 Å². The van der Waals surface area contributed by atoms with Gasteiger partial charge >= 0.3 is 6.18 Å². The zero-order valence-corrected chi connectivity index (χ0v) is 20.0. The van der Waals surface area contributed by atoms with Crippen LogP contribution in [0.5, 0.6) is 0 Å². The third-order valence-corrected chi connectivity index (χ3v) is 10.1. The number of alkyl halides is 3. The van der Waals surface area contributed by atoms with Crippen molar-refractivity contribution in [3.63, 3.8) is 0 Å². The Morgan fingerprint density at radius 2 is 1.74 bits per heavy atom. The molecule has 1 rings (SSSR count). The lowest BCUT2D eigenvalue weighted by Crippen LogP contribution is -2.48. The highest BCUT2D eigenvalue weighted by Crippen LogP contribution is 2.38. The molecular formula is C20H33BrF3NOSi-. The summed E-state index contributed by atoms with van der Waals surface area (Å²) >= 11 is 3.27. The van der Waals surface area contributed by atoms with Gasteiger partial charge in [-0.15, -0.1) is 18.1 Å². The Labute approximate surface area is 171 Å². The van der Waals surface area contributed by atoms with Crippen LogP contribution in [0.1, 0.15) is 52.6 Å². The Kier molecular flexibility index (Phi) is 8.60. The molecule has 0 aliphatic rings. The topological polar surface area (TPSA) is 21.3 Å². The molecule has 0 fully saturated rings. The van der Waals surface area contributed by atoms with Crippen LogP contribution in [-0.4, -0.2) is 27.1 Å². The van der Waals surface area contributed by atoms with Crippen molar-refractivity contribution in [2.75, 3.05) is 6.61 Å². The first-order valence-corrected chi connectivity index (χ1v) is 13.1. The van der Waals surface area contributed by atoms with Gasteiger partial charge in [-0.2, -0.15) is 13.2 Å². The molecular weight excluding hydrogens is 435 g/mol. The maximum absolute atomic E-state index is 13.8. The second kappa shape index (κ2) is 9.42. The molecule has 0 amide bonds. The van der Waals surface area contributed by atoms with Gasteiger partial charge < -0.3 is 4.43 Å². The normalized spacial score (nSPS) is 15.9. The molecule has 0 saturated heterocycles. The highest BCUT2D eigenvalue weighted by atomic mass is 79.9. The molecule has 0 radical (unpaired) electrons. The second-order valence-electron chi connectivity index (χ2n) is 9.09. The molecule has 0 spiro atoms. The number of benzene rings is 1. The summed E-state index contributed by atoms with van der Waals surface area (Å²) in [4.78, 5) is 0. The standard InChI is InChI=1S/C20H33BrF3NOSi/c1-14(2)11-17(13-26-27(6,7)19(3,4)5)25-18(20(22,23)24)15-9-8-10-16(21)12-15/h8-10,12,14,17-18,25H,11,13H2,1-7H3/q-1/t17-,18-/m0/s1. The summed E-state index contributed by atoms with van der Waals surface area (Å²) in [5, 5.41) is 2.86. The number of halogens is 4. The molecule has 1 aromatic carbocycles. The molecule has 157 valence electrons. The zero-order valence-electron chi connectivity index (χ0n) is 17.4. The maximum atomic E-state index is 13.8. The van der Waals surface area contributed by atoms with Crippen LogP contribution >= 0.6 is 15.9 Å². The molecule has 0 aromatic heterocycles. The van der Waals surface area contributed by atoms with Gasteiger partial charge in [0.15, 0.2) is 0 Å². The third-order valence-electron chi connectivity index (χ3n) is 5.12. The van der Waals surface area contributed by atoms with Crippen molar-refractivity contribution in [2.24, 2.45) is 5.92 Å². The molecule has 1 N–H and O–H groups in total. The fourth-order valence-corrected chi connectivity index (χ4v) is 4.05. The smallest absolute Gasteiger partial charge is 0.407 e. The summed E-state index contributed by atoms with van der Waals surface area (Å²) in [6.45, 7) is 14.9. The Bertz CT molecular complexity index is 600. The van der Waals surface area contributed by atoms with Crippen LogP contribution in [0, 0.1) is 5.92 Å². The van der Waals surface area contributed by atoms with Crippen LogP contribution in [-0.2, 0) is 4.43 Å². The minimum atomic E-state index is -4.38. The number of rotatable bonds is 8. The lowest BCUT2D eigenvalue weighted by molar-refractivity contribution is -0.160. The molecule has 0 aliphatic heterocycles. The molecule has 0 unspecified atom stereocenters. The van der Waals surface area contributed by atoms with Gasteiger partial charge in [-0.05, 0) is 38.4 Å². The molecule has 0 aliphatic carbocycles. The van der Waals surface area contributed by atoms with Gasteiger partial charge in [-0.25, -0.2) is 0 Å². The van der Waals surface area contributed by atoms with Crippen molar-refractivity contribution in [2.45, 2.75) is 77.4 Å². The predicted octanol–water partition coefficient (Wildman–Crippen LogP) is 7.08. The van der Waals surface area contributed by atoms with E-state index < -0.39 is 20.5 Å². The summed E-state index contributed by atoms with van der Waals surface area (Å²) in [6, 6.07) is 4.29. The van der Waals surface area contributed by atoms with E-state index in [1.54, 1.807) is 12.1 Å². The summed E-state index contributed by atoms with van der Waals surface area (Å²) in [5.74, 6) is 0.266. The van der Waals surface area contributed by atoms with Crippen LogP contribution in [0.2, 0.25) is 18.1 Å². The first-order chi connectivity index (χ1) is 12.1. The highest BCUT2D eigenvalue weighted by molar-refractivity contribution is 9.10. The number of hydrogen-bond acceptors (Lipinski definition) is 2. The van der Waals surface area contributed by atoms with Crippen LogP contribution < -0.4 is 5.32 Å². The van der Waals surface area contributed by atoms with E-state index in [4.69, 9.17) is 4.43 Å². The van der Waals surface area contributed by atoms with Gasteiger partial charge in [-0.3, -0.25) is 5.32 Å². The predicted molar refractivity (Wildman–Crippen MR) is 112 cm³/mol. The van der Waals surface area contributed by atoms with Crippen molar-refractivity contribution >= 4 is 24.2 Å². The van der Waals surface area contributed by atoms with E-state index in [9.17, 15) is 13.2 Å². The lowest BCUT2D eigenvalue weighted by atomic mass is 10.0. The lowest BCUT2D eigenvalue weighted by Gasteiger charge is -2.49. The first kappa shape index (κ1) is 24.7. The second-order valence-corrected chi connectivity index (χ2v) is 14.8. The Morgan fingerprint density at radius 3 is 2.19 bits per heavy atom. The third kappa shape index (κ3) is 7.87. The fourth-order valence-electron chi connectivity index (χ4n) is 2.58. The number of hydrogen-bond donors (Lipinski definition) is 1. The van der Waals surface area contributed by atoms with E-state index in [1.165, 1.54) is 12.1 Å². The minimum absolute atomic E-state index is 0.0170. The van der Waals surface area contributed by atoms with Crippen molar-refractivity contribution in [3.05, 3.63) is 34.3 Å². The summed E-state index contributed by atoms with van der Waals surface area (Å²) in [5.41, 5.74) is 0.206. The maximum Gasteiger partial charge on any atom is 0.407 e. The van der Waals surface area contributed by atoms with E-state index in [-0.39, 0.29) is 29.2 Å². The van der Waals surface area contributed by atoms with Crippen molar-refractivity contribution in [3.8, 4) is 0 Å². The van der Waals surface area contributed by atoms with Gasteiger partial charge in [0.1, 0.15) is 6.04 Å². The SMILES string of the molecule is CC(C)C[C@@H](CO[Si-](C)(C)C(C)(C)C)N[C@@H](c1cccc(Br)c1)C(F)(F)F. The van der Waals surface area contributed by atoms with E-state index in [0.717, 1.165) is 0 Å². The quantitative estimate of drug-likeness (QED) is 0.412. The molecule has 0 bridgehead atoms. The van der Waals surface area contributed by atoms with E-state index in [2.05, 4.69) is 55.1 Å². The molecule has 0 saturated carbocycles. The van der Waals surface area contributed by atoms with Gasteiger partial charge in [0.05, 0.1) is 0 Å². The van der Waals surface area contributed by atoms with E-state index in [0.29, 0.717) is 10.9 Å². The van der Waals surface area contributed by atoms with E-state index >= 15 is 0 Å². The van der Waals surface area contributed by atoms with Crippen LogP contribution in [0.25, 0.3) is 0 Å². The van der Waals surface area contributed by atoms with Crippen molar-refractivity contribution in [1.82, 2.24) is 5.32 Å². The van der Waals surface area contributed by atoms with E-state index in [1.807, 2.05) is 13.8 Å².